The highest BCUT2D eigenvalue weighted by Crippen LogP contribution is 2.46. The van der Waals surface area contributed by atoms with E-state index >= 15 is 0 Å². The molecule has 0 saturated heterocycles. The van der Waals surface area contributed by atoms with Crippen molar-refractivity contribution in [3.63, 3.8) is 0 Å². The van der Waals surface area contributed by atoms with Crippen molar-refractivity contribution in [2.24, 2.45) is 5.92 Å². The first kappa shape index (κ1) is 26.1. The standard InChI is InChI=1S/C32H31ClN4O3/c1-3-18(2)27(31(39)34-17-19-10-4-8-14-24(19)33)36-30(38)26-16-23-20-11-7-9-15-25(20)35-28(23)29-21-12-5-6-13-22(21)32(40)37(26)29/h4-15,18,26-27,29,35H,3,16-17H2,1-2H3,(H,34,39)(H,36,38)/t18-,26+,27+,29+/m1/s1. The van der Waals surface area contributed by atoms with E-state index in [1.54, 1.807) is 11.0 Å². The molecule has 2 aliphatic rings. The van der Waals surface area contributed by atoms with Gasteiger partial charge in [0.25, 0.3) is 5.91 Å². The van der Waals surface area contributed by atoms with Crippen LogP contribution in [0.1, 0.15) is 59.1 Å². The first-order chi connectivity index (χ1) is 19.4. The molecule has 0 bridgehead atoms. The highest BCUT2D eigenvalue weighted by Gasteiger charge is 2.49. The molecule has 2 aliphatic heterocycles. The summed E-state index contributed by atoms with van der Waals surface area (Å²) in [7, 11) is 0. The van der Waals surface area contributed by atoms with Gasteiger partial charge in [0.05, 0.1) is 6.04 Å². The summed E-state index contributed by atoms with van der Waals surface area (Å²) in [5, 5.41) is 7.59. The lowest BCUT2D eigenvalue weighted by atomic mass is 9.89. The van der Waals surface area contributed by atoms with E-state index in [1.165, 1.54) is 0 Å². The van der Waals surface area contributed by atoms with Crippen LogP contribution in [0.5, 0.6) is 0 Å². The average molecular weight is 555 g/mol. The van der Waals surface area contributed by atoms with Crippen LogP contribution in [0.4, 0.5) is 0 Å². The Balaban J connectivity index is 1.32. The van der Waals surface area contributed by atoms with Gasteiger partial charge in [-0.3, -0.25) is 14.4 Å². The minimum Gasteiger partial charge on any atom is -0.356 e. The Kier molecular flexibility index (Phi) is 6.84. The van der Waals surface area contributed by atoms with E-state index in [2.05, 4.69) is 15.6 Å². The Labute approximate surface area is 237 Å². The molecule has 3 amide bonds. The second kappa shape index (κ2) is 10.5. The molecule has 0 fully saturated rings. The SMILES string of the molecule is CC[C@@H](C)[C@H](NC(=O)[C@@H]1Cc2c([nH]c3ccccc23)[C@@H]2c3ccccc3C(=O)N21)C(=O)NCc1ccccc1Cl. The number of hydrogen-bond acceptors (Lipinski definition) is 3. The van der Waals surface area contributed by atoms with Gasteiger partial charge in [-0.25, -0.2) is 0 Å². The van der Waals surface area contributed by atoms with Crippen LogP contribution in [0.2, 0.25) is 5.02 Å². The lowest BCUT2D eigenvalue weighted by Crippen LogP contribution is -2.58. The number of aromatic amines is 1. The van der Waals surface area contributed by atoms with Crippen LogP contribution in [-0.2, 0) is 22.6 Å². The zero-order valence-corrected chi connectivity index (χ0v) is 23.2. The van der Waals surface area contributed by atoms with Crippen molar-refractivity contribution in [3.8, 4) is 0 Å². The highest BCUT2D eigenvalue weighted by molar-refractivity contribution is 6.31. The van der Waals surface area contributed by atoms with E-state index < -0.39 is 18.1 Å². The molecule has 40 heavy (non-hydrogen) atoms. The number of nitrogens with zero attached hydrogens (tertiary/aromatic N) is 1. The smallest absolute Gasteiger partial charge is 0.255 e. The summed E-state index contributed by atoms with van der Waals surface area (Å²) in [6.45, 7) is 4.18. The number of amides is 3. The van der Waals surface area contributed by atoms with E-state index in [9.17, 15) is 14.4 Å². The fourth-order valence-corrected chi connectivity index (χ4v) is 6.23. The second-order valence-corrected chi connectivity index (χ2v) is 11.1. The van der Waals surface area contributed by atoms with Crippen LogP contribution in [0, 0.1) is 5.92 Å². The lowest BCUT2D eigenvalue weighted by molar-refractivity contribution is -0.133. The van der Waals surface area contributed by atoms with Crippen LogP contribution in [0.15, 0.2) is 72.8 Å². The number of benzene rings is 3. The molecule has 0 aliphatic carbocycles. The van der Waals surface area contributed by atoms with Gasteiger partial charge in [0.15, 0.2) is 0 Å². The molecule has 8 heteroatoms. The zero-order chi connectivity index (χ0) is 28.0. The Morgan fingerprint density at radius 1 is 1.05 bits per heavy atom. The molecule has 3 N–H and O–H groups in total. The lowest BCUT2D eigenvalue weighted by Gasteiger charge is -2.38. The summed E-state index contributed by atoms with van der Waals surface area (Å²) in [5.41, 5.74) is 5.24. The Morgan fingerprint density at radius 2 is 1.77 bits per heavy atom. The molecule has 0 radical (unpaired) electrons. The summed E-state index contributed by atoms with van der Waals surface area (Å²) >= 11 is 6.28. The first-order valence-electron chi connectivity index (χ1n) is 13.7. The number of nitrogens with one attached hydrogen (secondary N) is 3. The molecule has 1 aromatic heterocycles. The Bertz CT molecular complexity index is 1630. The summed E-state index contributed by atoms with van der Waals surface area (Å²) in [6, 6.07) is 21.0. The van der Waals surface area contributed by atoms with Crippen LogP contribution in [-0.4, -0.2) is 39.7 Å². The fraction of sp³-hybridized carbons (Fsp3) is 0.281. The number of carbonyl (C=O) groups excluding carboxylic acids is 3. The van der Waals surface area contributed by atoms with Gasteiger partial charge < -0.3 is 20.5 Å². The predicted molar refractivity (Wildman–Crippen MR) is 155 cm³/mol. The van der Waals surface area contributed by atoms with E-state index in [4.69, 9.17) is 11.6 Å². The molecule has 0 unspecified atom stereocenters. The van der Waals surface area contributed by atoms with Gasteiger partial charge in [0, 0.05) is 40.1 Å². The maximum atomic E-state index is 14.1. The third-order valence-electron chi connectivity index (χ3n) is 8.36. The number of H-pyrrole nitrogens is 1. The second-order valence-electron chi connectivity index (χ2n) is 10.7. The molecular formula is C32H31ClN4O3. The minimum atomic E-state index is -0.764. The van der Waals surface area contributed by atoms with Gasteiger partial charge >= 0.3 is 0 Å². The average Bonchev–Trinajstić information content (AvgIpc) is 3.50. The van der Waals surface area contributed by atoms with Gasteiger partial charge in [0.1, 0.15) is 12.1 Å². The minimum absolute atomic E-state index is 0.121. The van der Waals surface area contributed by atoms with E-state index in [1.807, 2.05) is 80.6 Å². The number of fused-ring (bicyclic) bond motifs is 7. The molecule has 3 aromatic carbocycles. The molecule has 0 saturated carbocycles. The maximum Gasteiger partial charge on any atom is 0.255 e. The molecule has 4 atom stereocenters. The highest BCUT2D eigenvalue weighted by atomic mass is 35.5. The summed E-state index contributed by atoms with van der Waals surface area (Å²) < 4.78 is 0. The molecule has 0 spiro atoms. The molecular weight excluding hydrogens is 524 g/mol. The van der Waals surface area contributed by atoms with Crippen LogP contribution in [0.25, 0.3) is 10.9 Å². The third kappa shape index (κ3) is 4.34. The van der Waals surface area contributed by atoms with Gasteiger partial charge in [-0.2, -0.15) is 0 Å². The third-order valence-corrected chi connectivity index (χ3v) is 8.73. The fourth-order valence-electron chi connectivity index (χ4n) is 6.02. The summed E-state index contributed by atoms with van der Waals surface area (Å²) in [6.07, 6.45) is 1.05. The van der Waals surface area contributed by atoms with Crippen LogP contribution < -0.4 is 10.6 Å². The Hall–Kier alpha value is -4.10. The van der Waals surface area contributed by atoms with Crippen molar-refractivity contribution < 1.29 is 14.4 Å². The van der Waals surface area contributed by atoms with Crippen molar-refractivity contribution in [2.75, 3.05) is 0 Å². The largest absolute Gasteiger partial charge is 0.356 e. The van der Waals surface area contributed by atoms with E-state index in [0.717, 1.165) is 33.3 Å². The number of halogens is 1. The quantitative estimate of drug-likeness (QED) is 0.295. The zero-order valence-electron chi connectivity index (χ0n) is 22.4. The number of hydrogen-bond donors (Lipinski definition) is 3. The van der Waals surface area contributed by atoms with Crippen LogP contribution >= 0.6 is 11.6 Å². The van der Waals surface area contributed by atoms with Crippen molar-refractivity contribution in [2.45, 2.75) is 51.4 Å². The van der Waals surface area contributed by atoms with Crippen molar-refractivity contribution >= 4 is 40.2 Å². The Morgan fingerprint density at radius 3 is 2.58 bits per heavy atom. The number of aromatic nitrogens is 1. The number of rotatable bonds is 7. The number of carbonyl (C=O) groups is 3. The number of para-hydroxylation sites is 1. The molecule has 3 heterocycles. The van der Waals surface area contributed by atoms with Gasteiger partial charge in [-0.15, -0.1) is 0 Å². The molecule has 204 valence electrons. The molecule has 6 rings (SSSR count). The van der Waals surface area contributed by atoms with E-state index in [0.29, 0.717) is 23.4 Å². The molecule has 4 aromatic rings. The normalized spacial score (nSPS) is 19.0. The van der Waals surface area contributed by atoms with Crippen molar-refractivity contribution in [1.82, 2.24) is 20.5 Å². The first-order valence-corrected chi connectivity index (χ1v) is 14.1. The van der Waals surface area contributed by atoms with E-state index in [-0.39, 0.29) is 30.2 Å². The summed E-state index contributed by atoms with van der Waals surface area (Å²) in [5.74, 6) is -0.905. The van der Waals surface area contributed by atoms with Crippen molar-refractivity contribution in [1.29, 1.82) is 0 Å². The van der Waals surface area contributed by atoms with Crippen molar-refractivity contribution in [3.05, 3.63) is 106 Å². The van der Waals surface area contributed by atoms with Gasteiger partial charge in [-0.1, -0.05) is 86.5 Å². The predicted octanol–water partition coefficient (Wildman–Crippen LogP) is 5.14. The maximum absolute atomic E-state index is 14.1. The van der Waals surface area contributed by atoms with Gasteiger partial charge in [-0.05, 0) is 40.8 Å². The van der Waals surface area contributed by atoms with Crippen LogP contribution in [0.3, 0.4) is 0 Å². The van der Waals surface area contributed by atoms with Gasteiger partial charge in [0.2, 0.25) is 11.8 Å². The summed E-state index contributed by atoms with van der Waals surface area (Å²) in [4.78, 5) is 46.4. The monoisotopic (exact) mass is 554 g/mol. The topological polar surface area (TPSA) is 94.3 Å². The molecule has 7 nitrogen and oxygen atoms in total.